The predicted octanol–water partition coefficient (Wildman–Crippen LogP) is 1.55. The third-order valence-corrected chi connectivity index (χ3v) is 2.37. The Morgan fingerprint density at radius 3 is 2.64 bits per heavy atom. The van der Waals surface area contributed by atoms with Crippen LogP contribution in [-0.2, 0) is 4.74 Å². The highest BCUT2D eigenvalue weighted by Crippen LogP contribution is 2.05. The first-order valence-electron chi connectivity index (χ1n) is 5.68. The van der Waals surface area contributed by atoms with Crippen molar-refractivity contribution in [2.24, 2.45) is 0 Å². The van der Waals surface area contributed by atoms with Crippen LogP contribution in [0.4, 0.5) is 0 Å². The quantitative estimate of drug-likeness (QED) is 0.529. The minimum atomic E-state index is 0.232. The van der Waals surface area contributed by atoms with Crippen LogP contribution in [0.2, 0.25) is 0 Å². The van der Waals surface area contributed by atoms with Gasteiger partial charge in [0.15, 0.2) is 0 Å². The van der Waals surface area contributed by atoms with Crippen molar-refractivity contribution in [3.63, 3.8) is 0 Å². The zero-order valence-electron chi connectivity index (χ0n) is 9.59. The summed E-state index contributed by atoms with van der Waals surface area (Å²) in [5, 5.41) is 12.4. The molecule has 0 heterocycles. The fourth-order valence-electron chi connectivity index (χ4n) is 1.44. The van der Waals surface area contributed by atoms with Crippen molar-refractivity contribution in [1.82, 2.24) is 5.32 Å². The molecule has 1 atom stereocenters. The molecule has 0 saturated carbocycles. The van der Waals surface area contributed by atoms with E-state index in [0.29, 0.717) is 6.61 Å². The van der Waals surface area contributed by atoms with Crippen LogP contribution in [0.15, 0.2) is 0 Å². The molecule has 0 fully saturated rings. The lowest BCUT2D eigenvalue weighted by molar-refractivity contribution is 0.180. The van der Waals surface area contributed by atoms with E-state index in [1.165, 1.54) is 25.7 Å². The van der Waals surface area contributed by atoms with E-state index in [-0.39, 0.29) is 12.6 Å². The largest absolute Gasteiger partial charge is 0.395 e. The van der Waals surface area contributed by atoms with Crippen molar-refractivity contribution in [3.8, 4) is 0 Å². The van der Waals surface area contributed by atoms with Crippen molar-refractivity contribution < 1.29 is 9.84 Å². The molecule has 2 N–H and O–H groups in total. The van der Waals surface area contributed by atoms with E-state index in [0.717, 1.165) is 13.0 Å². The summed E-state index contributed by atoms with van der Waals surface area (Å²) in [6.45, 7) is 3.98. The van der Waals surface area contributed by atoms with Crippen LogP contribution in [0.5, 0.6) is 0 Å². The maximum absolute atomic E-state index is 9.08. The van der Waals surface area contributed by atoms with Crippen LogP contribution in [0.1, 0.15) is 39.0 Å². The van der Waals surface area contributed by atoms with Gasteiger partial charge in [-0.1, -0.05) is 32.6 Å². The average Bonchev–Trinajstić information content (AvgIpc) is 2.22. The lowest BCUT2D eigenvalue weighted by atomic mass is 10.1. The molecular weight excluding hydrogens is 178 g/mol. The van der Waals surface area contributed by atoms with E-state index >= 15 is 0 Å². The maximum atomic E-state index is 9.08. The van der Waals surface area contributed by atoms with Crippen LogP contribution in [0.3, 0.4) is 0 Å². The molecule has 0 spiro atoms. The molecule has 0 amide bonds. The molecule has 0 bridgehead atoms. The van der Waals surface area contributed by atoms with Crippen molar-refractivity contribution in [3.05, 3.63) is 0 Å². The van der Waals surface area contributed by atoms with Crippen molar-refractivity contribution in [2.45, 2.75) is 45.1 Å². The monoisotopic (exact) mass is 203 g/mol. The summed E-state index contributed by atoms with van der Waals surface area (Å²) in [5.41, 5.74) is 0. The third-order valence-electron chi connectivity index (χ3n) is 2.37. The van der Waals surface area contributed by atoms with E-state index in [2.05, 4.69) is 12.2 Å². The summed E-state index contributed by atoms with van der Waals surface area (Å²) in [5.74, 6) is 0. The lowest BCUT2D eigenvalue weighted by Crippen LogP contribution is -2.34. The van der Waals surface area contributed by atoms with Gasteiger partial charge >= 0.3 is 0 Å². The van der Waals surface area contributed by atoms with Gasteiger partial charge in [0.05, 0.1) is 13.2 Å². The van der Waals surface area contributed by atoms with E-state index in [4.69, 9.17) is 9.84 Å². The summed E-state index contributed by atoms with van der Waals surface area (Å²) >= 11 is 0. The number of methoxy groups -OCH3 is 1. The summed E-state index contributed by atoms with van der Waals surface area (Å²) in [7, 11) is 1.69. The number of hydrogen-bond acceptors (Lipinski definition) is 3. The van der Waals surface area contributed by atoms with E-state index in [9.17, 15) is 0 Å². The molecule has 0 radical (unpaired) electrons. The Morgan fingerprint density at radius 1 is 1.29 bits per heavy atom. The smallest absolute Gasteiger partial charge is 0.0587 e. The normalized spacial score (nSPS) is 13.1. The first kappa shape index (κ1) is 13.9. The van der Waals surface area contributed by atoms with Gasteiger partial charge in [0.1, 0.15) is 0 Å². The van der Waals surface area contributed by atoms with Crippen LogP contribution in [0.25, 0.3) is 0 Å². The van der Waals surface area contributed by atoms with Crippen LogP contribution < -0.4 is 5.32 Å². The molecular formula is C11H25NO2. The molecule has 0 aromatic heterocycles. The van der Waals surface area contributed by atoms with Crippen molar-refractivity contribution >= 4 is 0 Å². The number of aliphatic hydroxyl groups excluding tert-OH is 1. The molecule has 3 heteroatoms. The standard InChI is InChI=1S/C11H25NO2/c1-3-4-5-6-7-11(10-13)12-8-9-14-2/h11-13H,3-10H2,1-2H3. The fourth-order valence-corrected chi connectivity index (χ4v) is 1.44. The fraction of sp³-hybridized carbons (Fsp3) is 1.00. The number of aliphatic hydroxyl groups is 1. The van der Waals surface area contributed by atoms with Crippen LogP contribution in [0, 0.1) is 0 Å². The number of ether oxygens (including phenoxy) is 1. The second-order valence-corrected chi connectivity index (χ2v) is 3.68. The third kappa shape index (κ3) is 8.48. The zero-order chi connectivity index (χ0) is 10.6. The summed E-state index contributed by atoms with van der Waals surface area (Å²) in [6.07, 6.45) is 6.12. The van der Waals surface area contributed by atoms with E-state index in [1.807, 2.05) is 0 Å². The van der Waals surface area contributed by atoms with Gasteiger partial charge in [-0.25, -0.2) is 0 Å². The minimum Gasteiger partial charge on any atom is -0.395 e. The highest BCUT2D eigenvalue weighted by Gasteiger charge is 2.04. The lowest BCUT2D eigenvalue weighted by Gasteiger charge is -2.15. The molecule has 14 heavy (non-hydrogen) atoms. The van der Waals surface area contributed by atoms with Crippen molar-refractivity contribution in [2.75, 3.05) is 26.9 Å². The van der Waals surface area contributed by atoms with Crippen LogP contribution >= 0.6 is 0 Å². The number of nitrogens with one attached hydrogen (secondary N) is 1. The Bertz CT molecular complexity index is 109. The molecule has 3 nitrogen and oxygen atoms in total. The van der Waals surface area contributed by atoms with Gasteiger partial charge in [-0.2, -0.15) is 0 Å². The topological polar surface area (TPSA) is 41.5 Å². The van der Waals surface area contributed by atoms with Gasteiger partial charge in [0.25, 0.3) is 0 Å². The number of unbranched alkanes of at least 4 members (excludes halogenated alkanes) is 3. The Morgan fingerprint density at radius 2 is 2.07 bits per heavy atom. The predicted molar refractivity (Wildman–Crippen MR) is 59.5 cm³/mol. The van der Waals surface area contributed by atoms with Crippen LogP contribution in [-0.4, -0.2) is 38.0 Å². The molecule has 0 aliphatic heterocycles. The molecule has 0 saturated heterocycles. The summed E-state index contributed by atoms with van der Waals surface area (Å²) in [6, 6.07) is 0.252. The molecule has 86 valence electrons. The van der Waals surface area contributed by atoms with Gasteiger partial charge in [0, 0.05) is 19.7 Å². The molecule has 1 unspecified atom stereocenters. The molecule has 0 rings (SSSR count). The Kier molecular flexibility index (Phi) is 10.9. The molecule has 0 aromatic carbocycles. The first-order valence-corrected chi connectivity index (χ1v) is 5.68. The molecule has 0 aliphatic carbocycles. The maximum Gasteiger partial charge on any atom is 0.0587 e. The number of rotatable bonds is 10. The van der Waals surface area contributed by atoms with E-state index in [1.54, 1.807) is 7.11 Å². The van der Waals surface area contributed by atoms with Gasteiger partial charge < -0.3 is 15.2 Å². The Balaban J connectivity index is 3.28. The number of hydrogen-bond donors (Lipinski definition) is 2. The second kappa shape index (κ2) is 11.0. The molecule has 0 aromatic rings. The average molecular weight is 203 g/mol. The first-order chi connectivity index (χ1) is 6.85. The van der Waals surface area contributed by atoms with Gasteiger partial charge in [-0.3, -0.25) is 0 Å². The highest BCUT2D eigenvalue weighted by molar-refractivity contribution is 4.64. The summed E-state index contributed by atoms with van der Waals surface area (Å²) < 4.78 is 4.94. The minimum absolute atomic E-state index is 0.232. The van der Waals surface area contributed by atoms with Crippen molar-refractivity contribution in [1.29, 1.82) is 0 Å². The van der Waals surface area contributed by atoms with Gasteiger partial charge in [-0.15, -0.1) is 0 Å². The Hall–Kier alpha value is -0.120. The van der Waals surface area contributed by atoms with Gasteiger partial charge in [-0.05, 0) is 6.42 Å². The Labute approximate surface area is 87.8 Å². The molecule has 0 aliphatic rings. The second-order valence-electron chi connectivity index (χ2n) is 3.68. The van der Waals surface area contributed by atoms with Gasteiger partial charge in [0.2, 0.25) is 0 Å². The van der Waals surface area contributed by atoms with E-state index < -0.39 is 0 Å². The SMILES string of the molecule is CCCCCCC(CO)NCCOC. The summed E-state index contributed by atoms with van der Waals surface area (Å²) in [4.78, 5) is 0. The zero-order valence-corrected chi connectivity index (χ0v) is 9.59. The highest BCUT2D eigenvalue weighted by atomic mass is 16.5.